The maximum absolute atomic E-state index is 13.0. The minimum absolute atomic E-state index is 0.192. The van der Waals surface area contributed by atoms with E-state index in [-0.39, 0.29) is 10.6 Å². The molecule has 3 rings (SSSR count). The molecule has 0 bridgehead atoms. The van der Waals surface area contributed by atoms with Crippen LogP contribution in [-0.4, -0.2) is 18.5 Å². The molecule has 1 N–H and O–H groups in total. The van der Waals surface area contributed by atoms with Crippen LogP contribution in [0.3, 0.4) is 0 Å². The van der Waals surface area contributed by atoms with Gasteiger partial charge in [0.2, 0.25) is 6.10 Å². The molecule has 3 aromatic carbocycles. The Kier molecular flexibility index (Phi) is 6.87. The average Bonchev–Trinajstić information content (AvgIpc) is 2.74. The van der Waals surface area contributed by atoms with Gasteiger partial charge in [0.05, 0.1) is 22.9 Å². The molecule has 0 aliphatic carbocycles. The highest BCUT2D eigenvalue weighted by molar-refractivity contribution is 6.33. The topological polar surface area (TPSA) is 64.6 Å². The Morgan fingerprint density at radius 2 is 1.59 bits per heavy atom. The number of carbonyl (C=O) groups excluding carboxylic acids is 2. The number of halogens is 1. The number of hydrogen-bond acceptors (Lipinski definition) is 4. The maximum Gasteiger partial charge on any atom is 0.340 e. The van der Waals surface area contributed by atoms with Gasteiger partial charge in [0, 0.05) is 5.56 Å². The monoisotopic (exact) mass is 409 g/mol. The second kappa shape index (κ2) is 9.75. The van der Waals surface area contributed by atoms with Crippen molar-refractivity contribution in [1.29, 1.82) is 0 Å². The zero-order valence-corrected chi connectivity index (χ0v) is 16.6. The summed E-state index contributed by atoms with van der Waals surface area (Å²) < 4.78 is 11.1. The number of benzene rings is 3. The van der Waals surface area contributed by atoms with Crippen LogP contribution in [0.15, 0.2) is 78.9 Å². The van der Waals surface area contributed by atoms with E-state index in [0.29, 0.717) is 23.6 Å². The van der Waals surface area contributed by atoms with Gasteiger partial charge in [-0.1, -0.05) is 66.2 Å². The van der Waals surface area contributed by atoms with E-state index in [1.807, 2.05) is 19.1 Å². The van der Waals surface area contributed by atoms with Crippen LogP contribution >= 0.6 is 11.6 Å². The fourth-order valence-corrected chi connectivity index (χ4v) is 2.96. The standard InChI is InChI=1S/C23H20ClNO4/c1-2-28-20-15-9-8-14-19(20)25-22(26)21(16-10-4-3-5-11-16)29-23(27)17-12-6-7-13-18(17)24/h3-15,21H,2H2,1H3,(H,25,26). The summed E-state index contributed by atoms with van der Waals surface area (Å²) in [7, 11) is 0. The first-order valence-electron chi connectivity index (χ1n) is 9.13. The maximum atomic E-state index is 13.0. The summed E-state index contributed by atoms with van der Waals surface area (Å²) in [6, 6.07) is 22.4. The first-order chi connectivity index (χ1) is 14.1. The van der Waals surface area contributed by atoms with Crippen molar-refractivity contribution >= 4 is 29.2 Å². The minimum atomic E-state index is -1.16. The molecular weight excluding hydrogens is 390 g/mol. The summed E-state index contributed by atoms with van der Waals surface area (Å²) in [5.74, 6) is -0.644. The van der Waals surface area contributed by atoms with Gasteiger partial charge in [-0.25, -0.2) is 4.79 Å². The Hall–Kier alpha value is -3.31. The zero-order valence-electron chi connectivity index (χ0n) is 15.8. The van der Waals surface area contributed by atoms with E-state index in [0.717, 1.165) is 0 Å². The quantitative estimate of drug-likeness (QED) is 0.539. The molecule has 6 heteroatoms. The van der Waals surface area contributed by atoms with E-state index >= 15 is 0 Å². The summed E-state index contributed by atoms with van der Waals surface area (Å²) in [5, 5.41) is 3.05. The Morgan fingerprint density at radius 1 is 0.931 bits per heavy atom. The van der Waals surface area contributed by atoms with Crippen molar-refractivity contribution in [3.8, 4) is 5.75 Å². The van der Waals surface area contributed by atoms with Crippen LogP contribution in [-0.2, 0) is 9.53 Å². The Labute approximate surface area is 174 Å². The first-order valence-corrected chi connectivity index (χ1v) is 9.51. The second-order valence-electron chi connectivity index (χ2n) is 6.09. The van der Waals surface area contributed by atoms with Crippen LogP contribution in [0.5, 0.6) is 5.75 Å². The fourth-order valence-electron chi connectivity index (χ4n) is 2.75. The van der Waals surface area contributed by atoms with E-state index in [1.54, 1.807) is 66.7 Å². The van der Waals surface area contributed by atoms with Crippen LogP contribution in [0.1, 0.15) is 28.9 Å². The van der Waals surface area contributed by atoms with Crippen LogP contribution in [0.2, 0.25) is 5.02 Å². The lowest BCUT2D eigenvalue weighted by Gasteiger charge is -2.19. The lowest BCUT2D eigenvalue weighted by molar-refractivity contribution is -0.125. The molecule has 0 saturated carbocycles. The number of carbonyl (C=O) groups is 2. The molecule has 0 aromatic heterocycles. The van der Waals surface area contributed by atoms with Gasteiger partial charge in [-0.15, -0.1) is 0 Å². The zero-order chi connectivity index (χ0) is 20.6. The number of esters is 1. The third-order valence-electron chi connectivity index (χ3n) is 4.10. The molecule has 1 unspecified atom stereocenters. The largest absolute Gasteiger partial charge is 0.492 e. The summed E-state index contributed by atoms with van der Waals surface area (Å²) in [6.07, 6.45) is -1.16. The predicted molar refractivity (Wildman–Crippen MR) is 112 cm³/mol. The van der Waals surface area contributed by atoms with Crippen molar-refractivity contribution in [3.05, 3.63) is 95.0 Å². The normalized spacial score (nSPS) is 11.4. The third kappa shape index (κ3) is 5.15. The summed E-state index contributed by atoms with van der Waals surface area (Å²) in [6.45, 7) is 2.31. The molecule has 0 heterocycles. The van der Waals surface area contributed by atoms with Gasteiger partial charge in [0.15, 0.2) is 0 Å². The molecular formula is C23H20ClNO4. The van der Waals surface area contributed by atoms with Crippen molar-refractivity contribution in [2.75, 3.05) is 11.9 Å². The molecule has 1 atom stereocenters. The van der Waals surface area contributed by atoms with Crippen LogP contribution in [0.4, 0.5) is 5.69 Å². The van der Waals surface area contributed by atoms with Gasteiger partial charge in [-0.05, 0) is 31.2 Å². The average molecular weight is 410 g/mol. The van der Waals surface area contributed by atoms with Gasteiger partial charge < -0.3 is 14.8 Å². The molecule has 0 aliphatic heterocycles. The van der Waals surface area contributed by atoms with Crippen LogP contribution < -0.4 is 10.1 Å². The Balaban J connectivity index is 1.87. The summed E-state index contributed by atoms with van der Waals surface area (Å²) in [5.41, 5.74) is 1.23. The lowest BCUT2D eigenvalue weighted by Crippen LogP contribution is -2.26. The van der Waals surface area contributed by atoms with Crippen molar-refractivity contribution in [2.24, 2.45) is 0 Å². The second-order valence-corrected chi connectivity index (χ2v) is 6.50. The smallest absolute Gasteiger partial charge is 0.340 e. The van der Waals surface area contributed by atoms with E-state index in [2.05, 4.69) is 5.32 Å². The van der Waals surface area contributed by atoms with Gasteiger partial charge in [-0.3, -0.25) is 4.79 Å². The van der Waals surface area contributed by atoms with E-state index in [1.165, 1.54) is 0 Å². The highest BCUT2D eigenvalue weighted by Gasteiger charge is 2.27. The third-order valence-corrected chi connectivity index (χ3v) is 4.43. The summed E-state index contributed by atoms with van der Waals surface area (Å²) in [4.78, 5) is 25.7. The number of amides is 1. The lowest BCUT2D eigenvalue weighted by atomic mass is 10.1. The Bertz CT molecular complexity index is 991. The molecule has 0 fully saturated rings. The number of anilines is 1. The van der Waals surface area contributed by atoms with Crippen molar-refractivity contribution in [3.63, 3.8) is 0 Å². The van der Waals surface area contributed by atoms with Gasteiger partial charge in [0.25, 0.3) is 5.91 Å². The number of hydrogen-bond donors (Lipinski definition) is 1. The molecule has 148 valence electrons. The minimum Gasteiger partial charge on any atom is -0.492 e. The van der Waals surface area contributed by atoms with E-state index < -0.39 is 18.0 Å². The number of rotatable bonds is 7. The highest BCUT2D eigenvalue weighted by atomic mass is 35.5. The van der Waals surface area contributed by atoms with Crippen LogP contribution in [0, 0.1) is 0 Å². The molecule has 0 spiro atoms. The fraction of sp³-hybridized carbons (Fsp3) is 0.130. The van der Waals surface area contributed by atoms with E-state index in [4.69, 9.17) is 21.1 Å². The number of nitrogens with one attached hydrogen (secondary N) is 1. The van der Waals surface area contributed by atoms with Crippen molar-refractivity contribution in [2.45, 2.75) is 13.0 Å². The Morgan fingerprint density at radius 3 is 2.31 bits per heavy atom. The molecule has 0 radical (unpaired) electrons. The molecule has 1 amide bonds. The molecule has 0 saturated heterocycles. The molecule has 29 heavy (non-hydrogen) atoms. The van der Waals surface area contributed by atoms with Crippen molar-refractivity contribution < 1.29 is 19.1 Å². The van der Waals surface area contributed by atoms with Crippen molar-refractivity contribution in [1.82, 2.24) is 0 Å². The van der Waals surface area contributed by atoms with E-state index in [9.17, 15) is 9.59 Å². The SMILES string of the molecule is CCOc1ccccc1NC(=O)C(OC(=O)c1ccccc1Cl)c1ccccc1. The predicted octanol–water partition coefficient (Wildman–Crippen LogP) is 5.28. The highest BCUT2D eigenvalue weighted by Crippen LogP contribution is 2.28. The van der Waals surface area contributed by atoms with Crippen LogP contribution in [0.25, 0.3) is 0 Å². The molecule has 0 aliphatic rings. The molecule has 5 nitrogen and oxygen atoms in total. The summed E-state index contributed by atoms with van der Waals surface area (Å²) >= 11 is 6.10. The number of para-hydroxylation sites is 2. The first kappa shape index (κ1) is 20.4. The number of ether oxygens (including phenoxy) is 2. The molecule has 3 aromatic rings. The van der Waals surface area contributed by atoms with Gasteiger partial charge >= 0.3 is 5.97 Å². The van der Waals surface area contributed by atoms with Gasteiger partial charge in [-0.2, -0.15) is 0 Å². The van der Waals surface area contributed by atoms with Gasteiger partial charge in [0.1, 0.15) is 5.75 Å².